The molecule has 0 aliphatic heterocycles. The maximum Gasteiger partial charge on any atom is 0.0678 e. The smallest absolute Gasteiger partial charge is 0.0678 e. The lowest BCUT2D eigenvalue weighted by atomic mass is 9.92. The van der Waals surface area contributed by atoms with Gasteiger partial charge in [0.15, 0.2) is 0 Å². The van der Waals surface area contributed by atoms with Crippen molar-refractivity contribution in [2.24, 2.45) is 0 Å². The van der Waals surface area contributed by atoms with Crippen LogP contribution in [0, 0.1) is 0 Å². The summed E-state index contributed by atoms with van der Waals surface area (Å²) in [5, 5.41) is 7.35. The van der Waals surface area contributed by atoms with Gasteiger partial charge in [-0.2, -0.15) is 5.10 Å². The largest absolute Gasteiger partial charge is 0.282 e. The van der Waals surface area contributed by atoms with E-state index in [1.54, 1.807) is 0 Å². The molecule has 0 amide bonds. The van der Waals surface area contributed by atoms with Gasteiger partial charge in [-0.05, 0) is 12.0 Å². The van der Waals surface area contributed by atoms with Crippen molar-refractivity contribution in [3.63, 3.8) is 0 Å². The van der Waals surface area contributed by atoms with E-state index in [0.29, 0.717) is 5.92 Å². The first-order chi connectivity index (χ1) is 5.41. The summed E-state index contributed by atoms with van der Waals surface area (Å²) in [5.74, 6) is 0.536. The fourth-order valence-corrected chi connectivity index (χ4v) is 1.02. The van der Waals surface area contributed by atoms with E-state index in [1.807, 2.05) is 0 Å². The van der Waals surface area contributed by atoms with Gasteiger partial charge in [-0.25, -0.2) is 0 Å². The Morgan fingerprint density at radius 1 is 1.31 bits per heavy atom. The molecule has 1 heterocycles. The summed E-state index contributed by atoms with van der Waals surface area (Å²) in [4.78, 5) is 0. The number of hydrogen-bond acceptors (Lipinski definition) is 1. The fraction of sp³-hybridized carbons (Fsp3) is 0.727. The molecule has 1 aromatic heterocycles. The Morgan fingerprint density at radius 3 is 2.08 bits per heavy atom. The summed E-state index contributed by atoms with van der Waals surface area (Å²) in [6.45, 7) is 10.9. The molecular weight excluding hydrogens is 160 g/mol. The Balaban J connectivity index is 0.00000144. The summed E-state index contributed by atoms with van der Waals surface area (Å²) >= 11 is 0. The summed E-state index contributed by atoms with van der Waals surface area (Å²) in [6.07, 6.45) is 0. The zero-order valence-electron chi connectivity index (χ0n) is 8.60. The molecule has 1 N–H and O–H groups in total. The van der Waals surface area contributed by atoms with Gasteiger partial charge in [0.1, 0.15) is 0 Å². The van der Waals surface area contributed by atoms with Crippen molar-refractivity contribution >= 4 is 0 Å². The molecule has 2 nitrogen and oxygen atoms in total. The lowest BCUT2D eigenvalue weighted by Crippen LogP contribution is -2.11. The third kappa shape index (κ3) is 2.87. The predicted octanol–water partition coefficient (Wildman–Crippen LogP) is 3.47. The molecule has 2 heteroatoms. The molecule has 0 spiro atoms. The molecule has 0 aromatic carbocycles. The van der Waals surface area contributed by atoms with Crippen LogP contribution in [-0.4, -0.2) is 10.2 Å². The lowest BCUT2D eigenvalue weighted by molar-refractivity contribution is 0.567. The van der Waals surface area contributed by atoms with E-state index in [1.165, 1.54) is 5.69 Å². The molecule has 13 heavy (non-hydrogen) atoms. The van der Waals surface area contributed by atoms with Gasteiger partial charge in [-0.3, -0.25) is 5.10 Å². The number of aromatic amines is 1. The monoisotopic (exact) mass is 182 g/mol. The van der Waals surface area contributed by atoms with Gasteiger partial charge in [0.2, 0.25) is 0 Å². The van der Waals surface area contributed by atoms with Crippen molar-refractivity contribution in [3.05, 3.63) is 17.5 Å². The van der Waals surface area contributed by atoms with Crippen LogP contribution in [0.15, 0.2) is 6.07 Å². The highest BCUT2D eigenvalue weighted by molar-refractivity contribution is 5.18. The van der Waals surface area contributed by atoms with Crippen molar-refractivity contribution in [2.75, 3.05) is 0 Å². The quantitative estimate of drug-likeness (QED) is 0.708. The van der Waals surface area contributed by atoms with Crippen LogP contribution in [0.4, 0.5) is 0 Å². The third-order valence-corrected chi connectivity index (χ3v) is 1.99. The Morgan fingerprint density at radius 2 is 1.85 bits per heavy atom. The van der Waals surface area contributed by atoms with Crippen LogP contribution < -0.4 is 0 Å². The van der Waals surface area contributed by atoms with Crippen LogP contribution in [-0.2, 0) is 5.41 Å². The van der Waals surface area contributed by atoms with Gasteiger partial charge in [0.05, 0.1) is 5.69 Å². The van der Waals surface area contributed by atoms with Crippen molar-refractivity contribution in [2.45, 2.75) is 53.4 Å². The van der Waals surface area contributed by atoms with Gasteiger partial charge < -0.3 is 0 Å². The maximum absolute atomic E-state index is 4.28. The number of nitrogens with one attached hydrogen (secondary N) is 1. The summed E-state index contributed by atoms with van der Waals surface area (Å²) in [5.41, 5.74) is 2.52. The molecule has 76 valence electrons. The van der Waals surface area contributed by atoms with E-state index in [0.717, 1.165) is 5.69 Å². The van der Waals surface area contributed by atoms with Crippen LogP contribution in [0.25, 0.3) is 0 Å². The van der Waals surface area contributed by atoms with Gasteiger partial charge in [0.25, 0.3) is 0 Å². The van der Waals surface area contributed by atoms with E-state index < -0.39 is 0 Å². The Bertz CT molecular complexity index is 253. The molecule has 0 fully saturated rings. The molecule has 0 unspecified atom stereocenters. The van der Waals surface area contributed by atoms with E-state index >= 15 is 0 Å². The van der Waals surface area contributed by atoms with Gasteiger partial charge >= 0.3 is 0 Å². The lowest BCUT2D eigenvalue weighted by Gasteiger charge is -2.13. The average molecular weight is 182 g/mol. The molecule has 0 bridgehead atoms. The third-order valence-electron chi connectivity index (χ3n) is 1.99. The molecule has 0 atom stereocenters. The van der Waals surface area contributed by atoms with Gasteiger partial charge in [0, 0.05) is 11.1 Å². The summed E-state index contributed by atoms with van der Waals surface area (Å²) in [6, 6.07) is 2.16. The number of aromatic nitrogens is 2. The highest BCUT2D eigenvalue weighted by Gasteiger charge is 2.17. The van der Waals surface area contributed by atoms with E-state index in [2.05, 4.69) is 50.9 Å². The zero-order valence-corrected chi connectivity index (χ0v) is 8.60. The second kappa shape index (κ2) is 3.95. The molecule has 0 saturated carbocycles. The molecule has 0 aliphatic carbocycles. The SMILES string of the molecule is C.CC(C)c1cc(C(C)(C)C)n[nH]1. The topological polar surface area (TPSA) is 28.7 Å². The minimum atomic E-state index is 0. The summed E-state index contributed by atoms with van der Waals surface area (Å²) in [7, 11) is 0. The Kier molecular flexibility index (Phi) is 3.71. The minimum Gasteiger partial charge on any atom is -0.282 e. The summed E-state index contributed by atoms with van der Waals surface area (Å²) < 4.78 is 0. The molecule has 0 radical (unpaired) electrons. The number of H-pyrrole nitrogens is 1. The number of rotatable bonds is 1. The van der Waals surface area contributed by atoms with Gasteiger partial charge in [-0.1, -0.05) is 42.0 Å². The molecule has 0 aliphatic rings. The fourth-order valence-electron chi connectivity index (χ4n) is 1.02. The minimum absolute atomic E-state index is 0. The standard InChI is InChI=1S/C10H18N2.CH4/c1-7(2)8-6-9(12-11-8)10(3,4)5;/h6-7H,1-5H3,(H,11,12);1H4. The molecule has 1 aromatic rings. The van der Waals surface area contributed by atoms with Gasteiger partial charge in [-0.15, -0.1) is 0 Å². The second-order valence-corrected chi connectivity index (χ2v) is 4.61. The first kappa shape index (κ1) is 12.2. The van der Waals surface area contributed by atoms with Crippen LogP contribution >= 0.6 is 0 Å². The van der Waals surface area contributed by atoms with Crippen molar-refractivity contribution in [1.82, 2.24) is 10.2 Å². The Labute approximate surface area is 81.8 Å². The van der Waals surface area contributed by atoms with Crippen LogP contribution in [0.2, 0.25) is 0 Å². The average Bonchev–Trinajstić information content (AvgIpc) is 2.30. The van der Waals surface area contributed by atoms with E-state index in [-0.39, 0.29) is 12.8 Å². The Hall–Kier alpha value is -0.790. The molecule has 1 rings (SSSR count). The first-order valence-electron chi connectivity index (χ1n) is 4.47. The van der Waals surface area contributed by atoms with E-state index in [4.69, 9.17) is 0 Å². The first-order valence-corrected chi connectivity index (χ1v) is 4.47. The number of nitrogens with zero attached hydrogens (tertiary/aromatic N) is 1. The highest BCUT2D eigenvalue weighted by atomic mass is 15.1. The van der Waals surface area contributed by atoms with Crippen LogP contribution in [0.1, 0.15) is 59.4 Å². The molecular formula is C11H22N2. The second-order valence-electron chi connectivity index (χ2n) is 4.61. The number of hydrogen-bond donors (Lipinski definition) is 1. The molecule has 0 saturated heterocycles. The van der Waals surface area contributed by atoms with Crippen molar-refractivity contribution < 1.29 is 0 Å². The van der Waals surface area contributed by atoms with Crippen molar-refractivity contribution in [3.8, 4) is 0 Å². The zero-order chi connectivity index (χ0) is 9.35. The van der Waals surface area contributed by atoms with E-state index in [9.17, 15) is 0 Å². The predicted molar refractivity (Wildman–Crippen MR) is 58.1 cm³/mol. The maximum atomic E-state index is 4.28. The highest BCUT2D eigenvalue weighted by Crippen LogP contribution is 2.22. The van der Waals surface area contributed by atoms with Crippen LogP contribution in [0.5, 0.6) is 0 Å². The van der Waals surface area contributed by atoms with Crippen LogP contribution in [0.3, 0.4) is 0 Å². The van der Waals surface area contributed by atoms with Crippen molar-refractivity contribution in [1.29, 1.82) is 0 Å². The normalized spacial score (nSPS) is 11.5.